The molecule has 0 fully saturated rings. The van der Waals surface area contributed by atoms with Crippen molar-refractivity contribution in [1.82, 2.24) is 0 Å². The highest BCUT2D eigenvalue weighted by atomic mass is 79.9. The van der Waals surface area contributed by atoms with Gasteiger partial charge in [-0.15, -0.1) is 11.3 Å². The standard InChI is InChI=1S/C14H16BrNS/c1-9-5-10(2)7-11(6-9)12(8-16)13-3-4-14(15)17-13/h3-7,12H,8,16H2,1-2H3. The summed E-state index contributed by atoms with van der Waals surface area (Å²) in [6.07, 6.45) is 0. The van der Waals surface area contributed by atoms with E-state index in [0.717, 1.165) is 3.79 Å². The molecule has 1 heterocycles. The first-order valence-corrected chi connectivity index (χ1v) is 7.24. The molecule has 17 heavy (non-hydrogen) atoms. The lowest BCUT2D eigenvalue weighted by Gasteiger charge is -2.15. The number of aryl methyl sites for hydroxylation is 2. The van der Waals surface area contributed by atoms with Crippen LogP contribution in [-0.2, 0) is 0 Å². The van der Waals surface area contributed by atoms with Crippen LogP contribution in [0.15, 0.2) is 34.1 Å². The van der Waals surface area contributed by atoms with Gasteiger partial charge in [-0.2, -0.15) is 0 Å². The summed E-state index contributed by atoms with van der Waals surface area (Å²) in [7, 11) is 0. The normalized spacial score (nSPS) is 12.7. The fraction of sp³-hybridized carbons (Fsp3) is 0.286. The minimum atomic E-state index is 0.310. The third kappa shape index (κ3) is 2.97. The molecule has 0 bridgehead atoms. The average Bonchev–Trinajstić information content (AvgIpc) is 2.64. The van der Waals surface area contributed by atoms with Gasteiger partial charge in [0.05, 0.1) is 3.79 Å². The van der Waals surface area contributed by atoms with E-state index in [1.165, 1.54) is 21.6 Å². The van der Waals surface area contributed by atoms with E-state index in [-0.39, 0.29) is 0 Å². The Balaban J connectivity index is 2.41. The van der Waals surface area contributed by atoms with Crippen LogP contribution in [0.4, 0.5) is 0 Å². The topological polar surface area (TPSA) is 26.0 Å². The molecule has 0 saturated heterocycles. The molecule has 1 atom stereocenters. The Morgan fingerprint density at radius 2 is 1.82 bits per heavy atom. The van der Waals surface area contributed by atoms with Crippen molar-refractivity contribution in [1.29, 1.82) is 0 Å². The van der Waals surface area contributed by atoms with E-state index in [4.69, 9.17) is 5.73 Å². The number of hydrogen-bond acceptors (Lipinski definition) is 2. The van der Waals surface area contributed by atoms with Gasteiger partial charge in [0.2, 0.25) is 0 Å². The van der Waals surface area contributed by atoms with Gasteiger partial charge in [0.1, 0.15) is 0 Å². The van der Waals surface area contributed by atoms with Gasteiger partial charge in [0.15, 0.2) is 0 Å². The van der Waals surface area contributed by atoms with Gasteiger partial charge in [0, 0.05) is 17.3 Å². The van der Waals surface area contributed by atoms with Crippen molar-refractivity contribution < 1.29 is 0 Å². The number of nitrogens with two attached hydrogens (primary N) is 1. The molecular formula is C14H16BrNS. The third-order valence-electron chi connectivity index (χ3n) is 2.82. The molecule has 0 radical (unpaired) electrons. The Bertz CT molecular complexity index is 498. The molecule has 0 aliphatic rings. The molecule has 2 rings (SSSR count). The van der Waals surface area contributed by atoms with Crippen LogP contribution < -0.4 is 5.73 Å². The molecule has 90 valence electrons. The molecule has 1 aromatic carbocycles. The van der Waals surface area contributed by atoms with Crippen molar-refractivity contribution >= 4 is 27.3 Å². The van der Waals surface area contributed by atoms with E-state index >= 15 is 0 Å². The maximum absolute atomic E-state index is 5.94. The van der Waals surface area contributed by atoms with Gasteiger partial charge in [-0.3, -0.25) is 0 Å². The molecule has 0 aliphatic carbocycles. The molecule has 0 amide bonds. The average molecular weight is 310 g/mol. The predicted octanol–water partition coefficient (Wildman–Crippen LogP) is 4.22. The van der Waals surface area contributed by atoms with E-state index in [2.05, 4.69) is 60.1 Å². The van der Waals surface area contributed by atoms with Crippen LogP contribution in [0.2, 0.25) is 0 Å². The Hall–Kier alpha value is -0.640. The zero-order chi connectivity index (χ0) is 12.4. The third-order valence-corrected chi connectivity index (χ3v) is 4.56. The zero-order valence-electron chi connectivity index (χ0n) is 10.0. The number of benzene rings is 1. The summed E-state index contributed by atoms with van der Waals surface area (Å²) in [4.78, 5) is 1.32. The van der Waals surface area contributed by atoms with Gasteiger partial charge < -0.3 is 5.73 Å². The molecule has 0 aliphatic heterocycles. The number of thiophene rings is 1. The van der Waals surface area contributed by atoms with Crippen LogP contribution in [0.1, 0.15) is 27.5 Å². The SMILES string of the molecule is Cc1cc(C)cc(C(CN)c2ccc(Br)s2)c1. The van der Waals surface area contributed by atoms with E-state index in [0.29, 0.717) is 12.5 Å². The molecule has 0 saturated carbocycles. The molecule has 0 spiro atoms. The predicted molar refractivity (Wildman–Crippen MR) is 78.8 cm³/mol. The molecule has 2 aromatic rings. The second-order valence-corrected chi connectivity index (χ2v) is 6.85. The smallest absolute Gasteiger partial charge is 0.0701 e. The van der Waals surface area contributed by atoms with Crippen molar-refractivity contribution in [2.24, 2.45) is 5.73 Å². The van der Waals surface area contributed by atoms with Crippen LogP contribution in [-0.4, -0.2) is 6.54 Å². The Morgan fingerprint density at radius 1 is 1.18 bits per heavy atom. The zero-order valence-corrected chi connectivity index (χ0v) is 12.4. The molecule has 1 unspecified atom stereocenters. The summed E-state index contributed by atoms with van der Waals surface area (Å²) >= 11 is 5.27. The lowest BCUT2D eigenvalue weighted by molar-refractivity contribution is 0.833. The largest absolute Gasteiger partial charge is 0.329 e. The quantitative estimate of drug-likeness (QED) is 0.902. The van der Waals surface area contributed by atoms with E-state index in [1.54, 1.807) is 11.3 Å². The summed E-state index contributed by atoms with van der Waals surface area (Å²) in [5, 5.41) is 0. The van der Waals surface area contributed by atoms with Crippen LogP contribution >= 0.6 is 27.3 Å². The van der Waals surface area contributed by atoms with Crippen molar-refractivity contribution in [3.8, 4) is 0 Å². The van der Waals surface area contributed by atoms with Crippen LogP contribution in [0.3, 0.4) is 0 Å². The van der Waals surface area contributed by atoms with Crippen LogP contribution in [0, 0.1) is 13.8 Å². The lowest BCUT2D eigenvalue weighted by Crippen LogP contribution is -2.13. The summed E-state index contributed by atoms with van der Waals surface area (Å²) in [6.45, 7) is 4.92. The second kappa shape index (κ2) is 5.34. The molecule has 1 nitrogen and oxygen atoms in total. The summed E-state index contributed by atoms with van der Waals surface area (Å²) in [5.41, 5.74) is 9.86. The first kappa shape index (κ1) is 12.8. The fourth-order valence-corrected chi connectivity index (χ4v) is 3.71. The van der Waals surface area contributed by atoms with Crippen molar-refractivity contribution in [2.45, 2.75) is 19.8 Å². The van der Waals surface area contributed by atoms with E-state index in [1.807, 2.05) is 0 Å². The number of hydrogen-bond donors (Lipinski definition) is 1. The fourth-order valence-electron chi connectivity index (χ4n) is 2.14. The van der Waals surface area contributed by atoms with E-state index < -0.39 is 0 Å². The first-order valence-electron chi connectivity index (χ1n) is 5.63. The van der Waals surface area contributed by atoms with Crippen molar-refractivity contribution in [3.05, 3.63) is 55.7 Å². The number of rotatable bonds is 3. The highest BCUT2D eigenvalue weighted by Crippen LogP contribution is 2.32. The summed E-state index contributed by atoms with van der Waals surface area (Å²) in [5.74, 6) is 0.310. The van der Waals surface area contributed by atoms with Gasteiger partial charge in [-0.1, -0.05) is 29.3 Å². The van der Waals surface area contributed by atoms with Gasteiger partial charge in [-0.25, -0.2) is 0 Å². The Morgan fingerprint density at radius 3 is 2.29 bits per heavy atom. The molecule has 1 aromatic heterocycles. The van der Waals surface area contributed by atoms with Crippen LogP contribution in [0.5, 0.6) is 0 Å². The molecule has 3 heteroatoms. The monoisotopic (exact) mass is 309 g/mol. The minimum absolute atomic E-state index is 0.310. The number of halogens is 1. The second-order valence-electron chi connectivity index (χ2n) is 4.35. The first-order chi connectivity index (χ1) is 8.10. The van der Waals surface area contributed by atoms with Gasteiger partial charge >= 0.3 is 0 Å². The Labute approximate surface area is 115 Å². The van der Waals surface area contributed by atoms with Crippen molar-refractivity contribution in [2.75, 3.05) is 6.54 Å². The van der Waals surface area contributed by atoms with Gasteiger partial charge in [-0.05, 0) is 47.5 Å². The minimum Gasteiger partial charge on any atom is -0.329 e. The van der Waals surface area contributed by atoms with Gasteiger partial charge in [0.25, 0.3) is 0 Å². The highest BCUT2D eigenvalue weighted by molar-refractivity contribution is 9.11. The van der Waals surface area contributed by atoms with Crippen LogP contribution in [0.25, 0.3) is 0 Å². The van der Waals surface area contributed by atoms with Crippen molar-refractivity contribution in [3.63, 3.8) is 0 Å². The molecular weight excluding hydrogens is 294 g/mol. The summed E-state index contributed by atoms with van der Waals surface area (Å²) in [6, 6.07) is 10.9. The maximum atomic E-state index is 5.94. The molecule has 2 N–H and O–H groups in total. The maximum Gasteiger partial charge on any atom is 0.0701 e. The van der Waals surface area contributed by atoms with E-state index in [9.17, 15) is 0 Å². The lowest BCUT2D eigenvalue weighted by atomic mass is 9.94. The summed E-state index contributed by atoms with van der Waals surface area (Å²) < 4.78 is 1.16. The highest BCUT2D eigenvalue weighted by Gasteiger charge is 2.15. The Kier molecular flexibility index (Phi) is 4.02.